The summed E-state index contributed by atoms with van der Waals surface area (Å²) in [6.45, 7) is 1.84. The van der Waals surface area contributed by atoms with Gasteiger partial charge in [0, 0.05) is 19.0 Å². The van der Waals surface area contributed by atoms with Crippen molar-refractivity contribution in [2.75, 3.05) is 25.6 Å². The number of ether oxygens (including phenoxy) is 3. The Hall–Kier alpha value is -4.36. The molecule has 2 unspecified atom stereocenters. The zero-order chi connectivity index (χ0) is 53.6. The molecule has 1 aromatic heterocycles. The van der Waals surface area contributed by atoms with Gasteiger partial charge in [0.2, 0.25) is 0 Å². The average molecular weight is 1070 g/mol. The molecular formula is C52H81N3O16P2. The van der Waals surface area contributed by atoms with E-state index < -0.39 is 89.8 Å². The van der Waals surface area contributed by atoms with E-state index in [-0.39, 0.29) is 18.7 Å². The second-order valence-electron chi connectivity index (χ2n) is 17.1. The molecule has 0 spiro atoms. The Morgan fingerprint density at radius 2 is 1.33 bits per heavy atom. The van der Waals surface area contributed by atoms with Crippen LogP contribution < -0.4 is 11.4 Å². The molecule has 1 aliphatic heterocycles. The lowest BCUT2D eigenvalue weighted by molar-refractivity contribution is -0.161. The van der Waals surface area contributed by atoms with Gasteiger partial charge in [0.05, 0.1) is 19.3 Å². The second-order valence-corrected chi connectivity index (χ2v) is 20.2. The number of hydrogen-bond acceptors (Lipinski definition) is 16. The summed E-state index contributed by atoms with van der Waals surface area (Å²) in [4.78, 5) is 61.9. The summed E-state index contributed by atoms with van der Waals surface area (Å²) >= 11 is 0. The molecule has 0 bridgehead atoms. The van der Waals surface area contributed by atoms with E-state index >= 15 is 0 Å². The van der Waals surface area contributed by atoms with Gasteiger partial charge in [0.1, 0.15) is 30.7 Å². The summed E-state index contributed by atoms with van der Waals surface area (Å²) in [6.07, 6.45) is 39.4. The molecule has 2 rings (SSSR count). The number of carbonyl (C=O) groups is 2. The highest BCUT2D eigenvalue weighted by atomic mass is 31.3. The van der Waals surface area contributed by atoms with Crippen LogP contribution in [0.3, 0.4) is 0 Å². The monoisotopic (exact) mass is 1070 g/mol. The van der Waals surface area contributed by atoms with Gasteiger partial charge >= 0.3 is 33.3 Å². The minimum Gasteiger partial charge on any atom is -0.462 e. The van der Waals surface area contributed by atoms with Crippen molar-refractivity contribution in [2.45, 2.75) is 173 Å². The first kappa shape index (κ1) is 64.8. The van der Waals surface area contributed by atoms with Crippen molar-refractivity contribution >= 4 is 33.4 Å². The number of allylic oxidation sites excluding steroid dienone is 14. The normalized spacial score (nSPS) is 20.2. The Labute approximate surface area is 431 Å². The number of unbranched alkanes of at least 4 members (excludes halogenated alkanes) is 8. The Morgan fingerprint density at radius 3 is 2.00 bits per heavy atom. The minimum absolute atomic E-state index is 0.00557. The van der Waals surface area contributed by atoms with Gasteiger partial charge < -0.3 is 45.1 Å². The van der Waals surface area contributed by atoms with E-state index in [9.17, 15) is 48.6 Å². The van der Waals surface area contributed by atoms with Crippen LogP contribution in [0.2, 0.25) is 0 Å². The number of aromatic nitrogens is 2. The molecule has 7 N–H and O–H groups in total. The molecule has 1 saturated heterocycles. The number of aliphatic hydroxyl groups is 3. The number of aliphatic hydroxyl groups excluding tert-OH is 3. The zero-order valence-corrected chi connectivity index (χ0v) is 44.3. The summed E-state index contributed by atoms with van der Waals surface area (Å²) in [6, 6.07) is 1.24. The van der Waals surface area contributed by atoms with Crippen LogP contribution in [-0.2, 0) is 46.3 Å². The number of nitrogen functional groups attached to an aromatic ring is 1. The molecule has 0 saturated carbocycles. The summed E-state index contributed by atoms with van der Waals surface area (Å²) < 4.78 is 56.7. The molecule has 19 nitrogen and oxygen atoms in total. The van der Waals surface area contributed by atoms with Crippen molar-refractivity contribution in [3.05, 3.63) is 120 Å². The number of nitrogens with two attached hydrogens (primary N) is 1. The molecule has 410 valence electrons. The molecule has 0 aliphatic carbocycles. The van der Waals surface area contributed by atoms with E-state index in [4.69, 9.17) is 29.0 Å². The van der Waals surface area contributed by atoms with Gasteiger partial charge in [-0.2, -0.15) is 9.29 Å². The maximum Gasteiger partial charge on any atom is 0.481 e. The topological polar surface area (TPSA) is 286 Å². The predicted molar refractivity (Wildman–Crippen MR) is 281 cm³/mol. The van der Waals surface area contributed by atoms with Crippen LogP contribution in [0.5, 0.6) is 0 Å². The highest BCUT2D eigenvalue weighted by Gasteiger charge is 2.46. The molecular weight excluding hydrogens is 985 g/mol. The van der Waals surface area contributed by atoms with E-state index in [1.165, 1.54) is 18.9 Å². The van der Waals surface area contributed by atoms with E-state index in [2.05, 4.69) is 77.8 Å². The fraction of sp³-hybridized carbons (Fsp3) is 0.577. The lowest BCUT2D eigenvalue weighted by Crippen LogP contribution is -2.36. The van der Waals surface area contributed by atoms with Gasteiger partial charge in [-0.15, -0.1) is 0 Å². The van der Waals surface area contributed by atoms with Crippen molar-refractivity contribution in [2.24, 2.45) is 0 Å². The summed E-state index contributed by atoms with van der Waals surface area (Å²) in [5.41, 5.74) is 4.57. The summed E-state index contributed by atoms with van der Waals surface area (Å²) in [7, 11) is -10.9. The lowest BCUT2D eigenvalue weighted by Gasteiger charge is -2.21. The SMILES string of the molecule is CC/C=C\C/C=C\C/C=C\C/C=C\CCCCCCC(=O)O[C@H](COC(=O)CCC/C=C/C/C=C\C[C@H](O)/C=C\C=C/CCCCC)COP(=O)(O)OP(=O)(O)OC[C@H]1O[C@@H](n2ccc(N)nc2=O)[C@H](O)[C@@H]1O. The van der Waals surface area contributed by atoms with Crippen molar-refractivity contribution in [1.29, 1.82) is 0 Å². The second kappa shape index (κ2) is 39.1. The third kappa shape index (κ3) is 31.9. The van der Waals surface area contributed by atoms with Crippen LogP contribution in [0.15, 0.2) is 114 Å². The van der Waals surface area contributed by atoms with E-state index in [1.807, 2.05) is 36.5 Å². The van der Waals surface area contributed by atoms with Crippen molar-refractivity contribution in [3.8, 4) is 0 Å². The first-order valence-corrected chi connectivity index (χ1v) is 28.3. The number of nitrogens with zero attached hydrogens (tertiary/aromatic N) is 2. The largest absolute Gasteiger partial charge is 0.481 e. The van der Waals surface area contributed by atoms with E-state index in [0.717, 1.165) is 75.0 Å². The molecule has 2 heterocycles. The first-order chi connectivity index (χ1) is 35.1. The van der Waals surface area contributed by atoms with E-state index in [1.54, 1.807) is 6.08 Å². The van der Waals surface area contributed by atoms with Crippen LogP contribution >= 0.6 is 15.6 Å². The highest BCUT2D eigenvalue weighted by Crippen LogP contribution is 2.60. The first-order valence-electron chi connectivity index (χ1n) is 25.4. The number of phosphoric ester groups is 2. The zero-order valence-electron chi connectivity index (χ0n) is 42.5. The smallest absolute Gasteiger partial charge is 0.462 e. The quantitative estimate of drug-likeness (QED) is 0.0117. The third-order valence-electron chi connectivity index (χ3n) is 10.7. The number of carbonyl (C=O) groups excluding carboxylic acids is 2. The van der Waals surface area contributed by atoms with Crippen LogP contribution in [0.1, 0.15) is 142 Å². The highest BCUT2D eigenvalue weighted by molar-refractivity contribution is 7.61. The number of anilines is 1. The molecule has 8 atom stereocenters. The van der Waals surface area contributed by atoms with E-state index in [0.29, 0.717) is 32.1 Å². The Kier molecular flexibility index (Phi) is 34.7. The number of rotatable bonds is 40. The van der Waals surface area contributed by atoms with Crippen LogP contribution in [-0.4, -0.2) is 96.9 Å². The predicted octanol–water partition coefficient (Wildman–Crippen LogP) is 9.41. The van der Waals surface area contributed by atoms with Gasteiger partial charge in [-0.25, -0.2) is 13.9 Å². The van der Waals surface area contributed by atoms with Gasteiger partial charge in [0.25, 0.3) is 0 Å². The van der Waals surface area contributed by atoms with Crippen LogP contribution in [0.4, 0.5) is 5.82 Å². The number of hydrogen-bond donors (Lipinski definition) is 6. The Balaban J connectivity index is 1.86. The van der Waals surface area contributed by atoms with Gasteiger partial charge in [-0.1, -0.05) is 137 Å². The number of esters is 2. The lowest BCUT2D eigenvalue weighted by atomic mass is 10.1. The Morgan fingerprint density at radius 1 is 0.740 bits per heavy atom. The standard InChI is InChI=1S/C52H81N3O16P2/c1-3-5-7-9-11-12-13-14-15-16-17-18-19-20-24-29-33-37-48(58)69-44(40-66-47(57)36-32-28-25-21-23-27-31-35-43(56)34-30-26-22-10-8-6-4-2)41-67-72(62,63)71-73(64,65)68-42-45-49(59)50(60)51(70-45)55-39-38-46(53)54-52(55)61/h5,7,11-12,14-15,17-18,21-22,25-27,30-31,34,38-39,43-45,49-51,56,59-60H,3-4,6,8-10,13,16,19-20,23-24,28-29,32-33,35-37,40-42H2,1-2H3,(H,62,63)(H,64,65)(H2,53,54,61)/b7-5-,12-11-,15-14-,18-17-,25-21+,26-22-,31-27-,34-30-/t43-,44-,45-,49-,50-,51-/m1/s1. The minimum atomic E-state index is -5.46. The van der Waals surface area contributed by atoms with Crippen LogP contribution in [0, 0.1) is 0 Å². The molecule has 21 heteroatoms. The molecule has 1 aliphatic rings. The summed E-state index contributed by atoms with van der Waals surface area (Å²) in [5.74, 6) is -1.45. The Bertz CT molecular complexity index is 2120. The fourth-order valence-electron chi connectivity index (χ4n) is 6.79. The molecule has 1 fully saturated rings. The van der Waals surface area contributed by atoms with Gasteiger partial charge in [-0.05, 0) is 89.5 Å². The molecule has 0 radical (unpaired) electrons. The molecule has 0 amide bonds. The van der Waals surface area contributed by atoms with Crippen LogP contribution in [0.25, 0.3) is 0 Å². The van der Waals surface area contributed by atoms with Gasteiger partial charge in [-0.3, -0.25) is 23.2 Å². The summed E-state index contributed by atoms with van der Waals surface area (Å²) in [5, 5.41) is 31.0. The molecule has 73 heavy (non-hydrogen) atoms. The maximum atomic E-state index is 12.9. The van der Waals surface area contributed by atoms with Crippen molar-refractivity contribution < 1.29 is 71.4 Å². The van der Waals surface area contributed by atoms with Gasteiger partial charge in [0.15, 0.2) is 12.3 Å². The molecule has 1 aromatic rings. The molecule has 0 aromatic carbocycles. The fourth-order valence-corrected chi connectivity index (χ4v) is 8.90. The average Bonchev–Trinajstić information content (AvgIpc) is 3.62. The number of phosphoric acid groups is 2. The maximum absolute atomic E-state index is 12.9. The third-order valence-corrected chi connectivity index (χ3v) is 13.3. The van der Waals surface area contributed by atoms with Crippen molar-refractivity contribution in [1.82, 2.24) is 9.55 Å². The van der Waals surface area contributed by atoms with Crippen molar-refractivity contribution in [3.63, 3.8) is 0 Å².